The lowest BCUT2D eigenvalue weighted by Gasteiger charge is -2.17. The third-order valence-electron chi connectivity index (χ3n) is 3.63. The van der Waals surface area contributed by atoms with Crippen LogP contribution in [0, 0.1) is 0 Å². The Balaban J connectivity index is 2.40. The smallest absolute Gasteiger partial charge is 0.411 e. The van der Waals surface area contributed by atoms with E-state index in [1.807, 2.05) is 0 Å². The van der Waals surface area contributed by atoms with Crippen molar-refractivity contribution in [3.05, 3.63) is 47.8 Å². The molecule has 0 saturated carbocycles. The minimum Gasteiger partial charge on any atom is -0.479 e. The fraction of sp³-hybridized carbons (Fsp3) is 0.188. The van der Waals surface area contributed by atoms with Crippen molar-refractivity contribution < 1.29 is 30.7 Å². The number of thiophene rings is 1. The molecule has 2 heterocycles. The first kappa shape index (κ1) is 19.4. The zero-order valence-corrected chi connectivity index (χ0v) is 15.3. The summed E-state index contributed by atoms with van der Waals surface area (Å²) in [6, 6.07) is 10.9. The quantitative estimate of drug-likeness (QED) is 0.560. The first-order valence-corrected chi connectivity index (χ1v) is 9.74. The van der Waals surface area contributed by atoms with Crippen molar-refractivity contribution in [2.24, 2.45) is 0 Å². The maximum atomic E-state index is 13.9. The Morgan fingerprint density at radius 2 is 1.81 bits per heavy atom. The number of para-hydroxylation sites is 1. The van der Waals surface area contributed by atoms with Gasteiger partial charge in [0.15, 0.2) is 0 Å². The normalized spacial score (nSPS) is 12.5. The number of hydrogen-bond donors (Lipinski definition) is 0. The van der Waals surface area contributed by atoms with E-state index in [0.29, 0.717) is 4.88 Å². The molecule has 0 unspecified atom stereocenters. The standard InChI is InChI=1S/C16H12F4N2O3S2/c1-25-13-12(11-8-5-9-26-11)22(10-6-3-2-4-7-10)15(21-13)27(23,24)16(19,20)14(17)18/h2-9,14H,1H3. The summed E-state index contributed by atoms with van der Waals surface area (Å²) >= 11 is 1.18. The fourth-order valence-electron chi connectivity index (χ4n) is 2.39. The van der Waals surface area contributed by atoms with E-state index in [0.717, 1.165) is 4.57 Å². The molecule has 11 heteroatoms. The van der Waals surface area contributed by atoms with Gasteiger partial charge in [-0.3, -0.25) is 4.57 Å². The van der Waals surface area contributed by atoms with Gasteiger partial charge >= 0.3 is 11.7 Å². The Bertz CT molecular complexity index is 1030. The molecule has 0 aliphatic rings. The van der Waals surface area contributed by atoms with Gasteiger partial charge < -0.3 is 4.74 Å². The van der Waals surface area contributed by atoms with E-state index in [1.165, 1.54) is 30.6 Å². The predicted molar refractivity (Wildman–Crippen MR) is 91.6 cm³/mol. The van der Waals surface area contributed by atoms with Gasteiger partial charge in [-0.1, -0.05) is 24.3 Å². The zero-order chi connectivity index (χ0) is 19.8. The van der Waals surface area contributed by atoms with Crippen molar-refractivity contribution in [3.63, 3.8) is 0 Å². The first-order chi connectivity index (χ1) is 12.7. The van der Waals surface area contributed by atoms with Crippen molar-refractivity contribution in [1.82, 2.24) is 9.55 Å². The van der Waals surface area contributed by atoms with E-state index in [1.54, 1.807) is 35.7 Å². The summed E-state index contributed by atoms with van der Waals surface area (Å²) in [5, 5.41) is -4.86. The number of nitrogens with zero attached hydrogens (tertiary/aromatic N) is 2. The fourth-order valence-corrected chi connectivity index (χ4v) is 4.26. The maximum Gasteiger partial charge on any atom is 0.411 e. The monoisotopic (exact) mass is 420 g/mol. The number of benzene rings is 1. The van der Waals surface area contributed by atoms with E-state index < -0.39 is 26.7 Å². The second-order valence-electron chi connectivity index (χ2n) is 5.27. The van der Waals surface area contributed by atoms with Crippen LogP contribution in [0.2, 0.25) is 0 Å². The molecule has 0 atom stereocenters. The Morgan fingerprint density at radius 3 is 2.33 bits per heavy atom. The van der Waals surface area contributed by atoms with E-state index in [2.05, 4.69) is 4.98 Å². The van der Waals surface area contributed by atoms with Gasteiger partial charge in [-0.2, -0.15) is 13.8 Å². The molecule has 0 spiro atoms. The minimum atomic E-state index is -5.83. The SMILES string of the molecule is COc1nc(S(=O)(=O)C(F)(F)C(F)F)n(-c2ccccc2)c1-c1cccs1. The van der Waals surface area contributed by atoms with Gasteiger partial charge in [0.05, 0.1) is 12.0 Å². The minimum absolute atomic E-state index is 0.0716. The highest BCUT2D eigenvalue weighted by Gasteiger charge is 2.57. The van der Waals surface area contributed by atoms with Crippen molar-refractivity contribution in [1.29, 1.82) is 0 Å². The van der Waals surface area contributed by atoms with Gasteiger partial charge in [-0.15, -0.1) is 11.3 Å². The molecule has 1 aromatic carbocycles. The average Bonchev–Trinajstić information content (AvgIpc) is 3.29. The molecule has 0 N–H and O–H groups in total. The Morgan fingerprint density at radius 1 is 1.15 bits per heavy atom. The Labute approximate surface area is 155 Å². The number of ether oxygens (including phenoxy) is 1. The molecule has 0 amide bonds. The molecule has 3 rings (SSSR count). The zero-order valence-electron chi connectivity index (χ0n) is 13.6. The van der Waals surface area contributed by atoms with E-state index >= 15 is 0 Å². The molecule has 0 bridgehead atoms. The third kappa shape index (κ3) is 3.10. The second kappa shape index (κ2) is 6.97. The van der Waals surface area contributed by atoms with Crippen LogP contribution in [0.5, 0.6) is 5.88 Å². The summed E-state index contributed by atoms with van der Waals surface area (Å²) in [6.45, 7) is 0. The van der Waals surface area contributed by atoms with Gasteiger partial charge in [0, 0.05) is 5.69 Å². The Hall–Kier alpha value is -2.40. The molecule has 0 saturated heterocycles. The number of methoxy groups -OCH3 is 1. The van der Waals surface area contributed by atoms with E-state index in [4.69, 9.17) is 4.74 Å². The number of rotatable bonds is 6. The van der Waals surface area contributed by atoms with Gasteiger partial charge in [0.25, 0.3) is 9.84 Å². The van der Waals surface area contributed by atoms with E-state index in [9.17, 15) is 26.0 Å². The maximum absolute atomic E-state index is 13.9. The number of sulfone groups is 1. The summed E-state index contributed by atoms with van der Waals surface area (Å²) in [6.07, 6.45) is -4.42. The van der Waals surface area contributed by atoms with Crippen molar-refractivity contribution in [2.45, 2.75) is 16.8 Å². The van der Waals surface area contributed by atoms with Crippen LogP contribution in [0.3, 0.4) is 0 Å². The topological polar surface area (TPSA) is 61.2 Å². The number of aromatic nitrogens is 2. The summed E-state index contributed by atoms with van der Waals surface area (Å²) in [5.41, 5.74) is 0.225. The van der Waals surface area contributed by atoms with Gasteiger partial charge in [0.2, 0.25) is 11.0 Å². The van der Waals surface area contributed by atoms with Crippen LogP contribution in [-0.4, -0.2) is 36.8 Å². The molecule has 0 aliphatic heterocycles. The van der Waals surface area contributed by atoms with Crippen LogP contribution in [0.4, 0.5) is 17.6 Å². The van der Waals surface area contributed by atoms with Gasteiger partial charge in [-0.25, -0.2) is 17.2 Å². The molecular weight excluding hydrogens is 408 g/mol. The summed E-state index contributed by atoms with van der Waals surface area (Å²) < 4.78 is 84.0. The van der Waals surface area contributed by atoms with E-state index in [-0.39, 0.29) is 17.3 Å². The highest BCUT2D eigenvalue weighted by atomic mass is 32.2. The highest BCUT2D eigenvalue weighted by Crippen LogP contribution is 2.41. The lowest BCUT2D eigenvalue weighted by Crippen LogP contribution is -2.38. The Kier molecular flexibility index (Phi) is 5.00. The molecule has 144 valence electrons. The average molecular weight is 420 g/mol. The molecule has 2 aromatic heterocycles. The van der Waals surface area contributed by atoms with Gasteiger partial charge in [0.1, 0.15) is 5.69 Å². The predicted octanol–water partition coefficient (Wildman–Crippen LogP) is 4.24. The largest absolute Gasteiger partial charge is 0.479 e. The number of imidazole rings is 1. The van der Waals surface area contributed by atoms with Crippen LogP contribution < -0.4 is 4.74 Å². The van der Waals surface area contributed by atoms with Crippen LogP contribution >= 0.6 is 11.3 Å². The number of alkyl halides is 4. The first-order valence-electron chi connectivity index (χ1n) is 7.38. The molecule has 0 fully saturated rings. The summed E-state index contributed by atoms with van der Waals surface area (Å²) in [4.78, 5) is 4.09. The molecular formula is C16H12F4N2O3S2. The number of halogens is 4. The van der Waals surface area contributed by atoms with Crippen molar-refractivity contribution in [2.75, 3.05) is 7.11 Å². The lowest BCUT2D eigenvalue weighted by atomic mass is 10.3. The van der Waals surface area contributed by atoms with Crippen LogP contribution in [0.15, 0.2) is 53.0 Å². The van der Waals surface area contributed by atoms with Crippen molar-refractivity contribution in [3.8, 4) is 22.1 Å². The second-order valence-corrected chi connectivity index (χ2v) is 8.13. The molecule has 0 aliphatic carbocycles. The van der Waals surface area contributed by atoms with Crippen LogP contribution in [0.25, 0.3) is 16.3 Å². The van der Waals surface area contributed by atoms with Crippen molar-refractivity contribution >= 4 is 21.2 Å². The summed E-state index contributed by atoms with van der Waals surface area (Å²) in [5.74, 6) is -0.273. The molecule has 27 heavy (non-hydrogen) atoms. The molecule has 0 radical (unpaired) electrons. The van der Waals surface area contributed by atoms with Gasteiger partial charge in [-0.05, 0) is 23.6 Å². The van der Waals surface area contributed by atoms with Crippen LogP contribution in [-0.2, 0) is 9.84 Å². The van der Waals surface area contributed by atoms with Crippen LogP contribution in [0.1, 0.15) is 0 Å². The molecule has 3 aromatic rings. The molecule has 5 nitrogen and oxygen atoms in total. The third-order valence-corrected chi connectivity index (χ3v) is 6.16. The lowest BCUT2D eigenvalue weighted by molar-refractivity contribution is -0.0640. The highest BCUT2D eigenvalue weighted by molar-refractivity contribution is 7.92. The number of hydrogen-bond acceptors (Lipinski definition) is 5. The summed E-state index contributed by atoms with van der Waals surface area (Å²) in [7, 11) is -4.65.